The number of piperazine rings is 1. The van der Waals surface area contributed by atoms with Crippen molar-refractivity contribution >= 4 is 11.8 Å². The Kier molecular flexibility index (Phi) is 6.90. The number of carbonyl (C=O) groups excluding carboxylic acids is 2. The molecule has 2 amide bonds. The molecule has 7 nitrogen and oxygen atoms in total. The minimum absolute atomic E-state index is 0.0231. The Balaban J connectivity index is 2.54. The lowest BCUT2D eigenvalue weighted by atomic mass is 10.1. The molecule has 0 aliphatic carbocycles. The zero-order valence-corrected chi connectivity index (χ0v) is 12.8. The third-order valence-electron chi connectivity index (χ3n) is 3.25. The van der Waals surface area contributed by atoms with Crippen LogP contribution in [0.4, 0.5) is 0 Å². The fourth-order valence-corrected chi connectivity index (χ4v) is 2.27. The summed E-state index contributed by atoms with van der Waals surface area (Å²) >= 11 is 0. The molecule has 0 bridgehead atoms. The van der Waals surface area contributed by atoms with E-state index >= 15 is 0 Å². The molecule has 1 fully saturated rings. The Morgan fingerprint density at radius 3 is 2.80 bits per heavy atom. The largest absolute Gasteiger partial charge is 0.383 e. The molecule has 0 radical (unpaired) electrons. The van der Waals surface area contributed by atoms with Gasteiger partial charge in [0.25, 0.3) is 0 Å². The van der Waals surface area contributed by atoms with Gasteiger partial charge in [-0.1, -0.05) is 0 Å². The molecule has 116 valence electrons. The van der Waals surface area contributed by atoms with Crippen LogP contribution in [-0.4, -0.2) is 87.7 Å². The van der Waals surface area contributed by atoms with Gasteiger partial charge in [-0.3, -0.25) is 14.5 Å². The van der Waals surface area contributed by atoms with Crippen LogP contribution < -0.4 is 10.6 Å². The Morgan fingerprint density at radius 1 is 1.50 bits per heavy atom. The van der Waals surface area contributed by atoms with Crippen molar-refractivity contribution in [2.75, 3.05) is 54.0 Å². The number of hydrogen-bond acceptors (Lipinski definition) is 5. The number of rotatable bonds is 6. The molecule has 0 aromatic carbocycles. The summed E-state index contributed by atoms with van der Waals surface area (Å²) in [6.07, 6.45) is 0. The SMILES string of the molecule is COCC(C)NC(=O)CN1CCNCC1C(=O)N(C)C. The number of hydrogen-bond donors (Lipinski definition) is 2. The number of ether oxygens (including phenoxy) is 1. The highest BCUT2D eigenvalue weighted by atomic mass is 16.5. The van der Waals surface area contributed by atoms with E-state index in [2.05, 4.69) is 10.6 Å². The predicted octanol–water partition coefficient (Wildman–Crippen LogP) is -1.50. The third kappa shape index (κ3) is 5.07. The van der Waals surface area contributed by atoms with E-state index in [0.717, 1.165) is 6.54 Å². The molecule has 1 saturated heterocycles. The molecular formula is C13H26N4O3. The number of carbonyl (C=O) groups is 2. The number of nitrogens with zero attached hydrogens (tertiary/aromatic N) is 2. The standard InChI is InChI=1S/C13H26N4O3/c1-10(9-20-4)15-12(18)8-17-6-5-14-7-11(17)13(19)16(2)3/h10-11,14H,5-9H2,1-4H3,(H,15,18). The van der Waals surface area contributed by atoms with Crippen molar-refractivity contribution < 1.29 is 14.3 Å². The highest BCUT2D eigenvalue weighted by Gasteiger charge is 2.30. The second-order valence-corrected chi connectivity index (χ2v) is 5.35. The lowest BCUT2D eigenvalue weighted by Gasteiger charge is -2.36. The van der Waals surface area contributed by atoms with Gasteiger partial charge in [-0.2, -0.15) is 0 Å². The topological polar surface area (TPSA) is 73.9 Å². The van der Waals surface area contributed by atoms with Crippen LogP contribution in [0, 0.1) is 0 Å². The summed E-state index contributed by atoms with van der Waals surface area (Å²) in [6, 6.07) is -0.305. The fraction of sp³-hybridized carbons (Fsp3) is 0.846. The first-order chi connectivity index (χ1) is 9.45. The second kappa shape index (κ2) is 8.18. The van der Waals surface area contributed by atoms with Crippen LogP contribution in [0.3, 0.4) is 0 Å². The van der Waals surface area contributed by atoms with Gasteiger partial charge in [-0.25, -0.2) is 0 Å². The third-order valence-corrected chi connectivity index (χ3v) is 3.25. The summed E-state index contributed by atoms with van der Waals surface area (Å²) in [7, 11) is 5.07. The molecule has 0 aromatic heterocycles. The summed E-state index contributed by atoms with van der Waals surface area (Å²) in [4.78, 5) is 27.6. The summed E-state index contributed by atoms with van der Waals surface area (Å²) in [5, 5.41) is 6.06. The lowest BCUT2D eigenvalue weighted by Crippen LogP contribution is -2.59. The van der Waals surface area contributed by atoms with E-state index in [1.807, 2.05) is 11.8 Å². The van der Waals surface area contributed by atoms with Crippen molar-refractivity contribution in [3.63, 3.8) is 0 Å². The van der Waals surface area contributed by atoms with Crippen LogP contribution in [-0.2, 0) is 14.3 Å². The molecule has 1 rings (SSSR count). The van der Waals surface area contributed by atoms with Crippen LogP contribution in [0.5, 0.6) is 0 Å². The van der Waals surface area contributed by atoms with Crippen molar-refractivity contribution in [3.05, 3.63) is 0 Å². The molecule has 1 aliphatic rings. The minimum Gasteiger partial charge on any atom is -0.383 e. The number of likely N-dealkylation sites (N-methyl/N-ethyl adjacent to an activating group) is 1. The zero-order chi connectivity index (χ0) is 15.1. The summed E-state index contributed by atoms with van der Waals surface area (Å²) in [6.45, 7) is 4.67. The van der Waals surface area contributed by atoms with Gasteiger partial charge in [0.15, 0.2) is 0 Å². The first-order valence-electron chi connectivity index (χ1n) is 6.90. The van der Waals surface area contributed by atoms with Crippen molar-refractivity contribution in [3.8, 4) is 0 Å². The van der Waals surface area contributed by atoms with Crippen LogP contribution in [0.25, 0.3) is 0 Å². The van der Waals surface area contributed by atoms with E-state index in [1.54, 1.807) is 26.1 Å². The van der Waals surface area contributed by atoms with Crippen molar-refractivity contribution in [1.29, 1.82) is 0 Å². The van der Waals surface area contributed by atoms with Gasteiger partial charge in [-0.15, -0.1) is 0 Å². The molecule has 0 spiro atoms. The normalized spacial score (nSPS) is 21.3. The van der Waals surface area contributed by atoms with Crippen LogP contribution in [0.1, 0.15) is 6.92 Å². The molecule has 1 heterocycles. The predicted molar refractivity (Wildman–Crippen MR) is 76.4 cm³/mol. The summed E-state index contributed by atoms with van der Waals surface area (Å²) in [5.74, 6) is -0.0528. The number of amides is 2. The summed E-state index contributed by atoms with van der Waals surface area (Å²) < 4.78 is 4.99. The first-order valence-corrected chi connectivity index (χ1v) is 6.90. The maximum Gasteiger partial charge on any atom is 0.240 e. The van der Waals surface area contributed by atoms with Gasteiger partial charge in [0.1, 0.15) is 6.04 Å². The Bertz CT molecular complexity index is 336. The van der Waals surface area contributed by atoms with E-state index in [-0.39, 0.29) is 30.4 Å². The highest BCUT2D eigenvalue weighted by Crippen LogP contribution is 2.05. The van der Waals surface area contributed by atoms with E-state index in [4.69, 9.17) is 4.74 Å². The Hall–Kier alpha value is -1.18. The molecule has 20 heavy (non-hydrogen) atoms. The van der Waals surface area contributed by atoms with Crippen molar-refractivity contribution in [1.82, 2.24) is 20.4 Å². The van der Waals surface area contributed by atoms with Gasteiger partial charge in [0, 0.05) is 46.9 Å². The van der Waals surface area contributed by atoms with Gasteiger partial charge < -0.3 is 20.3 Å². The minimum atomic E-state index is -0.276. The van der Waals surface area contributed by atoms with Gasteiger partial charge in [0.2, 0.25) is 11.8 Å². The average Bonchev–Trinajstić information content (AvgIpc) is 2.38. The smallest absolute Gasteiger partial charge is 0.240 e. The van der Waals surface area contributed by atoms with Crippen molar-refractivity contribution in [2.24, 2.45) is 0 Å². The molecule has 7 heteroatoms. The average molecular weight is 286 g/mol. The molecule has 1 aliphatic heterocycles. The highest BCUT2D eigenvalue weighted by molar-refractivity contribution is 5.83. The maximum atomic E-state index is 12.1. The molecule has 2 atom stereocenters. The molecule has 2 unspecified atom stereocenters. The second-order valence-electron chi connectivity index (χ2n) is 5.35. The molecule has 0 saturated carbocycles. The van der Waals surface area contributed by atoms with Crippen LogP contribution in [0.15, 0.2) is 0 Å². The van der Waals surface area contributed by atoms with Crippen molar-refractivity contribution in [2.45, 2.75) is 19.0 Å². The van der Waals surface area contributed by atoms with E-state index < -0.39 is 0 Å². The summed E-state index contributed by atoms with van der Waals surface area (Å²) in [5.41, 5.74) is 0. The molecule has 0 aromatic rings. The van der Waals surface area contributed by atoms with Gasteiger partial charge in [0.05, 0.1) is 13.2 Å². The van der Waals surface area contributed by atoms with Gasteiger partial charge >= 0.3 is 0 Å². The molecular weight excluding hydrogens is 260 g/mol. The lowest BCUT2D eigenvalue weighted by molar-refractivity contribution is -0.136. The van der Waals surface area contributed by atoms with Crippen LogP contribution >= 0.6 is 0 Å². The Morgan fingerprint density at radius 2 is 2.20 bits per heavy atom. The molecule has 2 N–H and O–H groups in total. The van der Waals surface area contributed by atoms with E-state index in [0.29, 0.717) is 19.7 Å². The van der Waals surface area contributed by atoms with Crippen LogP contribution in [0.2, 0.25) is 0 Å². The maximum absolute atomic E-state index is 12.1. The quantitative estimate of drug-likeness (QED) is 0.622. The monoisotopic (exact) mass is 286 g/mol. The number of nitrogens with one attached hydrogen (secondary N) is 2. The number of methoxy groups -OCH3 is 1. The van der Waals surface area contributed by atoms with E-state index in [1.165, 1.54) is 0 Å². The Labute approximate surface area is 120 Å². The van der Waals surface area contributed by atoms with Gasteiger partial charge in [-0.05, 0) is 6.92 Å². The fourth-order valence-electron chi connectivity index (χ4n) is 2.27. The first kappa shape index (κ1) is 16.9. The zero-order valence-electron chi connectivity index (χ0n) is 12.8. The van der Waals surface area contributed by atoms with E-state index in [9.17, 15) is 9.59 Å².